The first-order valence-corrected chi connectivity index (χ1v) is 9.64. The van der Waals surface area contributed by atoms with Crippen LogP contribution in [0.4, 0.5) is 5.69 Å². The van der Waals surface area contributed by atoms with Crippen LogP contribution in [0.25, 0.3) is 15.8 Å². The highest BCUT2D eigenvalue weighted by atomic mass is 32.1. The fourth-order valence-corrected chi connectivity index (χ4v) is 4.07. The van der Waals surface area contributed by atoms with E-state index in [4.69, 9.17) is 15.4 Å². The number of amidine groups is 1. The number of nitrogens with one attached hydrogen (secondary N) is 1. The number of benzene rings is 2. The van der Waals surface area contributed by atoms with Crippen LogP contribution in [0.2, 0.25) is 0 Å². The zero-order chi connectivity index (χ0) is 20.5. The summed E-state index contributed by atoms with van der Waals surface area (Å²) in [5, 5.41) is 28.4. The molecule has 3 aromatic rings. The Bertz CT molecular complexity index is 1160. The summed E-state index contributed by atoms with van der Waals surface area (Å²) in [6.07, 6.45) is -0.827. The second kappa shape index (κ2) is 7.37. The van der Waals surface area contributed by atoms with Crippen molar-refractivity contribution in [2.24, 2.45) is 0 Å². The van der Waals surface area contributed by atoms with Gasteiger partial charge in [-0.15, -0.1) is 11.3 Å². The van der Waals surface area contributed by atoms with Crippen molar-refractivity contribution < 1.29 is 14.6 Å². The number of aromatic nitrogens is 1. The molecule has 0 amide bonds. The summed E-state index contributed by atoms with van der Waals surface area (Å²) in [5.74, 6) is -0.353. The topological polar surface area (TPSA) is 110 Å². The monoisotopic (exact) mass is 404 g/mol. The SMILES string of the molecule is CC(C#N)OC(=O)c1ccc(N2CC(O)=C(c3nc4ccccc4s3)C2=N)cc1. The van der Waals surface area contributed by atoms with Gasteiger partial charge in [0.25, 0.3) is 0 Å². The molecular formula is C21H16N4O3S. The van der Waals surface area contributed by atoms with Crippen molar-refractivity contribution in [3.05, 3.63) is 64.9 Å². The molecule has 1 unspecified atom stereocenters. The second-order valence-corrected chi connectivity index (χ2v) is 7.50. The standard InChI is InChI=1S/C21H16N4O3S/c1-12(10-22)28-21(27)13-6-8-14(9-7-13)25-11-16(26)18(19(25)23)20-24-15-4-2-3-5-17(15)29-20/h2-9,12,23,26H,11H2,1H3. The van der Waals surface area contributed by atoms with Crippen LogP contribution in [-0.2, 0) is 4.74 Å². The van der Waals surface area contributed by atoms with Gasteiger partial charge in [0.1, 0.15) is 22.7 Å². The van der Waals surface area contributed by atoms with E-state index in [1.165, 1.54) is 18.3 Å². The normalized spacial score (nSPS) is 14.9. The van der Waals surface area contributed by atoms with Crippen LogP contribution in [0.3, 0.4) is 0 Å². The zero-order valence-corrected chi connectivity index (χ0v) is 16.2. The highest BCUT2D eigenvalue weighted by molar-refractivity contribution is 7.19. The number of anilines is 1. The molecule has 0 spiro atoms. The molecule has 1 aliphatic heterocycles. The quantitative estimate of drug-likeness (QED) is 0.633. The highest BCUT2D eigenvalue weighted by Gasteiger charge is 2.31. The van der Waals surface area contributed by atoms with Gasteiger partial charge in [-0.05, 0) is 43.3 Å². The van der Waals surface area contributed by atoms with Gasteiger partial charge in [0.15, 0.2) is 6.10 Å². The van der Waals surface area contributed by atoms with E-state index >= 15 is 0 Å². The van der Waals surface area contributed by atoms with Crippen LogP contribution in [0.15, 0.2) is 54.3 Å². The number of rotatable bonds is 4. The smallest absolute Gasteiger partial charge is 0.339 e. The van der Waals surface area contributed by atoms with Gasteiger partial charge < -0.3 is 14.7 Å². The largest absolute Gasteiger partial charge is 0.510 e. The Kier molecular flexibility index (Phi) is 4.74. The number of carbonyl (C=O) groups excluding carboxylic acids is 1. The number of ether oxygens (including phenoxy) is 1. The molecule has 0 fully saturated rings. The molecule has 0 radical (unpaired) electrons. The van der Waals surface area contributed by atoms with Crippen LogP contribution in [0, 0.1) is 16.7 Å². The highest BCUT2D eigenvalue weighted by Crippen LogP contribution is 2.35. The molecule has 1 aliphatic rings. The summed E-state index contributed by atoms with van der Waals surface area (Å²) in [6.45, 7) is 1.65. The molecule has 0 saturated carbocycles. The molecule has 2 N–H and O–H groups in total. The summed E-state index contributed by atoms with van der Waals surface area (Å²) < 4.78 is 5.97. The molecule has 1 atom stereocenters. The van der Waals surface area contributed by atoms with Crippen LogP contribution in [-0.4, -0.2) is 34.5 Å². The number of thiazole rings is 1. The fraction of sp³-hybridized carbons (Fsp3) is 0.143. The van der Waals surface area contributed by atoms with E-state index in [1.807, 2.05) is 30.3 Å². The third-order valence-corrected chi connectivity index (χ3v) is 5.55. The third-order valence-electron chi connectivity index (χ3n) is 4.49. The molecule has 0 saturated heterocycles. The lowest BCUT2D eigenvalue weighted by atomic mass is 10.2. The molecule has 0 aliphatic carbocycles. The predicted octanol–water partition coefficient (Wildman–Crippen LogP) is 4.13. The lowest BCUT2D eigenvalue weighted by Crippen LogP contribution is -2.26. The number of nitriles is 1. The van der Waals surface area contributed by atoms with E-state index in [0.717, 1.165) is 10.2 Å². The lowest BCUT2D eigenvalue weighted by Gasteiger charge is -2.18. The Morgan fingerprint density at radius 1 is 1.31 bits per heavy atom. The van der Waals surface area contributed by atoms with E-state index in [1.54, 1.807) is 29.2 Å². The average molecular weight is 404 g/mol. The van der Waals surface area contributed by atoms with Gasteiger partial charge in [-0.1, -0.05) is 12.1 Å². The summed E-state index contributed by atoms with van der Waals surface area (Å²) in [4.78, 5) is 18.2. The Balaban J connectivity index is 1.56. The number of aliphatic hydroxyl groups excluding tert-OH is 1. The number of fused-ring (bicyclic) bond motifs is 1. The number of hydrogen-bond acceptors (Lipinski definition) is 7. The number of carbonyl (C=O) groups is 1. The van der Waals surface area contributed by atoms with Crippen molar-refractivity contribution in [1.82, 2.24) is 4.98 Å². The lowest BCUT2D eigenvalue weighted by molar-refractivity contribution is 0.0435. The van der Waals surface area contributed by atoms with Crippen molar-refractivity contribution in [3.8, 4) is 6.07 Å². The summed E-state index contributed by atoms with van der Waals surface area (Å²) >= 11 is 1.43. The first-order valence-electron chi connectivity index (χ1n) is 8.83. The molecule has 8 heteroatoms. The molecule has 29 heavy (non-hydrogen) atoms. The van der Waals surface area contributed by atoms with Crippen LogP contribution in [0.1, 0.15) is 22.3 Å². The molecule has 0 bridgehead atoms. The summed E-state index contributed by atoms with van der Waals surface area (Å²) in [7, 11) is 0. The van der Waals surface area contributed by atoms with Crippen molar-refractivity contribution in [2.75, 3.05) is 11.4 Å². The Hall–Kier alpha value is -3.70. The van der Waals surface area contributed by atoms with E-state index in [0.29, 0.717) is 21.8 Å². The second-order valence-electron chi connectivity index (χ2n) is 6.47. The van der Waals surface area contributed by atoms with Gasteiger partial charge in [-0.25, -0.2) is 9.78 Å². The Morgan fingerprint density at radius 3 is 2.72 bits per heavy atom. The minimum absolute atomic E-state index is 0.0837. The maximum absolute atomic E-state index is 12.0. The first-order chi connectivity index (χ1) is 14.0. The number of aliphatic hydroxyl groups is 1. The molecule has 2 aromatic carbocycles. The summed E-state index contributed by atoms with van der Waals surface area (Å²) in [6, 6.07) is 16.0. The molecule has 144 valence electrons. The number of esters is 1. The first kappa shape index (κ1) is 18.7. The Labute approximate surface area is 170 Å². The number of nitrogens with zero attached hydrogens (tertiary/aromatic N) is 3. The molecule has 1 aromatic heterocycles. The van der Waals surface area contributed by atoms with Crippen LogP contribution >= 0.6 is 11.3 Å². The van der Waals surface area contributed by atoms with Gasteiger partial charge in [0.05, 0.1) is 27.9 Å². The molecule has 2 heterocycles. The third kappa shape index (κ3) is 3.44. The van der Waals surface area contributed by atoms with Gasteiger partial charge in [0, 0.05) is 5.69 Å². The number of hydrogen-bond donors (Lipinski definition) is 2. The fourth-order valence-electron chi connectivity index (χ4n) is 3.04. The molecule has 7 nitrogen and oxygen atoms in total. The number of para-hydroxylation sites is 1. The van der Waals surface area contributed by atoms with Gasteiger partial charge >= 0.3 is 5.97 Å². The minimum atomic E-state index is -0.827. The molecular weight excluding hydrogens is 388 g/mol. The van der Waals surface area contributed by atoms with E-state index in [2.05, 4.69) is 4.98 Å². The van der Waals surface area contributed by atoms with Gasteiger partial charge in [-0.2, -0.15) is 5.26 Å². The maximum Gasteiger partial charge on any atom is 0.339 e. The van der Waals surface area contributed by atoms with E-state index < -0.39 is 12.1 Å². The summed E-state index contributed by atoms with van der Waals surface area (Å²) in [5.41, 5.74) is 2.21. The van der Waals surface area contributed by atoms with Crippen molar-refractivity contribution in [1.29, 1.82) is 10.7 Å². The maximum atomic E-state index is 12.0. The van der Waals surface area contributed by atoms with Crippen molar-refractivity contribution in [3.63, 3.8) is 0 Å². The van der Waals surface area contributed by atoms with E-state index in [9.17, 15) is 9.90 Å². The Morgan fingerprint density at radius 2 is 2.03 bits per heavy atom. The van der Waals surface area contributed by atoms with Gasteiger partial charge in [-0.3, -0.25) is 5.41 Å². The zero-order valence-electron chi connectivity index (χ0n) is 15.4. The minimum Gasteiger partial charge on any atom is -0.510 e. The van der Waals surface area contributed by atoms with Crippen LogP contribution in [0.5, 0.6) is 0 Å². The van der Waals surface area contributed by atoms with E-state index in [-0.39, 0.29) is 18.1 Å². The molecule has 4 rings (SSSR count). The van der Waals surface area contributed by atoms with Crippen molar-refractivity contribution >= 4 is 44.6 Å². The average Bonchev–Trinajstić information content (AvgIpc) is 3.27. The van der Waals surface area contributed by atoms with Crippen LogP contribution < -0.4 is 4.90 Å². The van der Waals surface area contributed by atoms with Gasteiger partial charge in [0.2, 0.25) is 0 Å². The van der Waals surface area contributed by atoms with Crippen molar-refractivity contribution in [2.45, 2.75) is 13.0 Å². The predicted molar refractivity (Wildman–Crippen MR) is 111 cm³/mol.